The number of benzene rings is 2. The van der Waals surface area contributed by atoms with E-state index in [9.17, 15) is 0 Å². The Morgan fingerprint density at radius 1 is 1.18 bits per heavy atom. The van der Waals surface area contributed by atoms with Crippen LogP contribution in [0.15, 0.2) is 53.5 Å². The molecule has 0 bridgehead atoms. The maximum Gasteiger partial charge on any atom is 0.183 e. The number of amidine groups is 1. The van der Waals surface area contributed by atoms with Crippen molar-refractivity contribution < 1.29 is 0 Å². The fraction of sp³-hybridized carbons (Fsp3) is 0.176. The first-order valence-electron chi connectivity index (χ1n) is 7.00. The summed E-state index contributed by atoms with van der Waals surface area (Å²) in [5, 5.41) is 11.9. The van der Waals surface area contributed by atoms with Gasteiger partial charge in [0.05, 0.1) is 5.69 Å². The molecular weight excluding hydrogens is 292 g/mol. The van der Waals surface area contributed by atoms with Crippen LogP contribution in [-0.2, 0) is 13.1 Å². The fourth-order valence-corrected chi connectivity index (χ4v) is 2.91. The molecule has 2 aromatic carbocycles. The van der Waals surface area contributed by atoms with Crippen LogP contribution in [0, 0.1) is 11.5 Å². The molecule has 0 saturated heterocycles. The molecule has 0 unspecified atom stereocenters. The quantitative estimate of drug-likeness (QED) is 0.398. The van der Waals surface area contributed by atoms with Gasteiger partial charge >= 0.3 is 0 Å². The van der Waals surface area contributed by atoms with Gasteiger partial charge in [0.15, 0.2) is 11.4 Å². The van der Waals surface area contributed by atoms with Crippen molar-refractivity contribution in [3.63, 3.8) is 0 Å². The number of hydrogen-bond acceptors (Lipinski definition) is 4. The highest BCUT2D eigenvalue weighted by Gasteiger charge is 2.18. The molecule has 110 valence electrons. The van der Waals surface area contributed by atoms with Gasteiger partial charge in [0.1, 0.15) is 0 Å². The van der Waals surface area contributed by atoms with Gasteiger partial charge in [-0.2, -0.15) is 5.26 Å². The van der Waals surface area contributed by atoms with Crippen molar-refractivity contribution in [2.75, 3.05) is 11.2 Å². The van der Waals surface area contributed by atoms with Crippen molar-refractivity contribution in [3.05, 3.63) is 59.7 Å². The molecule has 1 N–H and O–H groups in total. The minimum atomic E-state index is 0.601. The molecular formula is C17H16N4S. The highest BCUT2D eigenvalue weighted by Crippen LogP contribution is 2.30. The normalized spacial score (nSPS) is 13.6. The van der Waals surface area contributed by atoms with Crippen LogP contribution in [0.5, 0.6) is 0 Å². The lowest BCUT2D eigenvalue weighted by Crippen LogP contribution is -2.14. The van der Waals surface area contributed by atoms with E-state index in [1.54, 1.807) is 0 Å². The first-order valence-corrected chi connectivity index (χ1v) is 8.22. The molecule has 1 aliphatic heterocycles. The zero-order valence-electron chi connectivity index (χ0n) is 12.3. The van der Waals surface area contributed by atoms with Crippen molar-refractivity contribution in [2.45, 2.75) is 13.1 Å². The Morgan fingerprint density at radius 2 is 1.91 bits per heavy atom. The molecule has 0 spiro atoms. The standard InChI is InChI=1S/C17H16N4S/c1-22-17(19-12-18)20-15-7-4-8-16(9-15)21-10-13-5-2-3-6-14(13)11-21/h2-9H,10-11H2,1H3,(H,19,20). The van der Waals surface area contributed by atoms with Crippen LogP contribution in [0.2, 0.25) is 0 Å². The van der Waals surface area contributed by atoms with E-state index in [0.29, 0.717) is 5.17 Å². The fourth-order valence-electron chi connectivity index (χ4n) is 2.56. The molecule has 2 aromatic rings. The highest BCUT2D eigenvalue weighted by atomic mass is 32.2. The maximum atomic E-state index is 8.71. The number of nitrogens with zero attached hydrogens (tertiary/aromatic N) is 3. The molecule has 0 aliphatic carbocycles. The number of rotatable bonds is 2. The van der Waals surface area contributed by atoms with Crippen molar-refractivity contribution >= 4 is 28.3 Å². The Bertz CT molecular complexity index is 723. The number of fused-ring (bicyclic) bond motifs is 1. The molecule has 1 heterocycles. The summed E-state index contributed by atoms with van der Waals surface area (Å²) < 4.78 is 0. The SMILES string of the molecule is CSC(=Nc1cccc(N2Cc3ccccc3C2)c1)NC#N. The number of anilines is 1. The second-order valence-electron chi connectivity index (χ2n) is 5.00. The smallest absolute Gasteiger partial charge is 0.183 e. The van der Waals surface area contributed by atoms with Crippen molar-refractivity contribution in [1.29, 1.82) is 5.26 Å². The second-order valence-corrected chi connectivity index (χ2v) is 5.80. The van der Waals surface area contributed by atoms with Gasteiger partial charge in [0.2, 0.25) is 0 Å². The second kappa shape index (κ2) is 6.54. The first kappa shape index (κ1) is 14.5. The monoisotopic (exact) mass is 308 g/mol. The topological polar surface area (TPSA) is 51.4 Å². The summed E-state index contributed by atoms with van der Waals surface area (Å²) in [6.45, 7) is 1.85. The van der Waals surface area contributed by atoms with Gasteiger partial charge in [-0.25, -0.2) is 4.99 Å². The third-order valence-electron chi connectivity index (χ3n) is 3.62. The Labute approximate surface area is 134 Å². The van der Waals surface area contributed by atoms with E-state index < -0.39 is 0 Å². The summed E-state index contributed by atoms with van der Waals surface area (Å²) in [5.41, 5.74) is 4.76. The summed E-state index contributed by atoms with van der Waals surface area (Å²) in [6.07, 6.45) is 3.80. The van der Waals surface area contributed by atoms with E-state index in [0.717, 1.165) is 24.5 Å². The third kappa shape index (κ3) is 3.07. The van der Waals surface area contributed by atoms with E-state index in [4.69, 9.17) is 5.26 Å². The third-order valence-corrected chi connectivity index (χ3v) is 4.20. The molecule has 4 nitrogen and oxygen atoms in total. The van der Waals surface area contributed by atoms with Gasteiger partial charge in [0.25, 0.3) is 0 Å². The molecule has 5 heteroatoms. The predicted octanol–water partition coefficient (Wildman–Crippen LogP) is 3.63. The zero-order chi connectivity index (χ0) is 15.4. The average molecular weight is 308 g/mol. The van der Waals surface area contributed by atoms with E-state index in [1.165, 1.54) is 22.9 Å². The Balaban J connectivity index is 1.83. The van der Waals surface area contributed by atoms with Crippen LogP contribution >= 0.6 is 11.8 Å². The highest BCUT2D eigenvalue weighted by molar-refractivity contribution is 8.13. The van der Waals surface area contributed by atoms with Gasteiger partial charge in [-0.1, -0.05) is 42.1 Å². The molecule has 22 heavy (non-hydrogen) atoms. The van der Waals surface area contributed by atoms with Crippen molar-refractivity contribution in [2.24, 2.45) is 4.99 Å². The Hall–Kier alpha value is -2.45. The van der Waals surface area contributed by atoms with Crippen LogP contribution in [0.3, 0.4) is 0 Å². The minimum absolute atomic E-state index is 0.601. The summed E-state index contributed by atoms with van der Waals surface area (Å²) in [6, 6.07) is 16.6. The van der Waals surface area contributed by atoms with Gasteiger partial charge in [0, 0.05) is 18.8 Å². The Kier molecular flexibility index (Phi) is 4.31. The lowest BCUT2D eigenvalue weighted by atomic mass is 10.1. The largest absolute Gasteiger partial charge is 0.363 e. The lowest BCUT2D eigenvalue weighted by molar-refractivity contribution is 0.880. The van der Waals surface area contributed by atoms with Gasteiger partial charge in [-0.05, 0) is 35.6 Å². The van der Waals surface area contributed by atoms with E-state index in [-0.39, 0.29) is 0 Å². The molecule has 0 aromatic heterocycles. The van der Waals surface area contributed by atoms with Crippen molar-refractivity contribution in [3.8, 4) is 6.19 Å². The number of thioether (sulfide) groups is 1. The van der Waals surface area contributed by atoms with Gasteiger partial charge in [-0.15, -0.1) is 0 Å². The summed E-state index contributed by atoms with van der Waals surface area (Å²) in [4.78, 5) is 6.80. The maximum absolute atomic E-state index is 8.71. The van der Waals surface area contributed by atoms with E-state index in [2.05, 4.69) is 51.6 Å². The summed E-state index contributed by atoms with van der Waals surface area (Å²) >= 11 is 1.42. The van der Waals surface area contributed by atoms with Crippen LogP contribution in [0.1, 0.15) is 11.1 Å². The molecule has 3 rings (SSSR count). The average Bonchev–Trinajstić information content (AvgIpc) is 2.99. The predicted molar refractivity (Wildman–Crippen MR) is 92.1 cm³/mol. The molecule has 0 amide bonds. The Morgan fingerprint density at radius 3 is 2.55 bits per heavy atom. The van der Waals surface area contributed by atoms with Crippen LogP contribution in [0.25, 0.3) is 0 Å². The first-order chi connectivity index (χ1) is 10.8. The van der Waals surface area contributed by atoms with Crippen LogP contribution in [0.4, 0.5) is 11.4 Å². The minimum Gasteiger partial charge on any atom is -0.363 e. The van der Waals surface area contributed by atoms with Crippen LogP contribution < -0.4 is 10.2 Å². The summed E-state index contributed by atoms with van der Waals surface area (Å²) in [7, 11) is 0. The molecule has 0 atom stereocenters. The van der Waals surface area contributed by atoms with E-state index in [1.807, 2.05) is 24.6 Å². The summed E-state index contributed by atoms with van der Waals surface area (Å²) in [5.74, 6) is 0. The van der Waals surface area contributed by atoms with Gasteiger partial charge < -0.3 is 4.90 Å². The van der Waals surface area contributed by atoms with Crippen molar-refractivity contribution in [1.82, 2.24) is 5.32 Å². The molecule has 0 fully saturated rings. The number of hydrogen-bond donors (Lipinski definition) is 1. The number of nitriles is 1. The molecule has 0 saturated carbocycles. The number of nitrogens with one attached hydrogen (secondary N) is 1. The number of aliphatic imine (C=N–C) groups is 1. The lowest BCUT2D eigenvalue weighted by Gasteiger charge is -2.18. The molecule has 0 radical (unpaired) electrons. The zero-order valence-corrected chi connectivity index (χ0v) is 13.1. The molecule has 1 aliphatic rings. The van der Waals surface area contributed by atoms with E-state index >= 15 is 0 Å². The van der Waals surface area contributed by atoms with Crippen LogP contribution in [-0.4, -0.2) is 11.4 Å². The van der Waals surface area contributed by atoms with Gasteiger partial charge in [-0.3, -0.25) is 5.32 Å².